The largest absolute Gasteiger partial charge is 0.444 e. The highest BCUT2D eigenvalue weighted by atomic mass is 16.6. The zero-order valence-electron chi connectivity index (χ0n) is 11.5. The minimum absolute atomic E-state index is 0.205. The maximum Gasteiger partial charge on any atom is 0.410 e. The summed E-state index contributed by atoms with van der Waals surface area (Å²) in [5.74, 6) is 0.462. The van der Waals surface area contributed by atoms with Gasteiger partial charge in [0, 0.05) is 44.8 Å². The van der Waals surface area contributed by atoms with E-state index in [0.29, 0.717) is 19.0 Å². The van der Waals surface area contributed by atoms with Crippen LogP contribution in [0.15, 0.2) is 11.8 Å². The first kappa shape index (κ1) is 13.2. The third kappa shape index (κ3) is 2.96. The number of carbonyl (C=O) groups excluding carboxylic acids is 1. The van der Waals surface area contributed by atoms with Gasteiger partial charge in [0.1, 0.15) is 5.60 Å². The Balaban J connectivity index is 1.91. The summed E-state index contributed by atoms with van der Waals surface area (Å²) in [7, 11) is 0. The number of likely N-dealkylation sites (tertiary alicyclic amines) is 1. The molecule has 5 heteroatoms. The molecule has 18 heavy (non-hydrogen) atoms. The van der Waals surface area contributed by atoms with E-state index in [4.69, 9.17) is 10.5 Å². The monoisotopic (exact) mass is 253 g/mol. The minimum Gasteiger partial charge on any atom is -0.444 e. The smallest absolute Gasteiger partial charge is 0.410 e. The molecule has 0 aliphatic carbocycles. The van der Waals surface area contributed by atoms with E-state index in [0.717, 1.165) is 19.6 Å². The fourth-order valence-corrected chi connectivity index (χ4v) is 2.48. The van der Waals surface area contributed by atoms with Gasteiger partial charge in [-0.3, -0.25) is 0 Å². The summed E-state index contributed by atoms with van der Waals surface area (Å²) in [4.78, 5) is 16.0. The molecule has 1 unspecified atom stereocenters. The summed E-state index contributed by atoms with van der Waals surface area (Å²) in [6.45, 7) is 9.69. The fourth-order valence-electron chi connectivity index (χ4n) is 2.48. The SMILES string of the molecule is CC(C)(C)OC(=O)N1CC2=CN(CCN)CC2C1. The molecule has 0 aromatic rings. The number of nitrogens with zero attached hydrogens (tertiary/aromatic N) is 2. The van der Waals surface area contributed by atoms with Crippen molar-refractivity contribution < 1.29 is 9.53 Å². The molecule has 1 amide bonds. The van der Waals surface area contributed by atoms with Crippen molar-refractivity contribution in [3.8, 4) is 0 Å². The Bertz CT molecular complexity index is 360. The van der Waals surface area contributed by atoms with Crippen LogP contribution < -0.4 is 5.73 Å². The molecule has 1 atom stereocenters. The molecule has 0 radical (unpaired) electrons. The number of rotatable bonds is 2. The number of ether oxygens (including phenoxy) is 1. The summed E-state index contributed by atoms with van der Waals surface area (Å²) in [5, 5.41) is 0. The maximum atomic E-state index is 11.9. The van der Waals surface area contributed by atoms with E-state index in [1.807, 2.05) is 20.8 Å². The quantitative estimate of drug-likeness (QED) is 0.798. The second kappa shape index (κ2) is 4.80. The summed E-state index contributed by atoms with van der Waals surface area (Å²) in [6, 6.07) is 0. The molecule has 0 spiro atoms. The first-order valence-electron chi connectivity index (χ1n) is 6.51. The summed E-state index contributed by atoms with van der Waals surface area (Å²) in [6.07, 6.45) is 1.95. The van der Waals surface area contributed by atoms with Gasteiger partial charge in [0.2, 0.25) is 0 Å². The second-order valence-electron chi connectivity index (χ2n) is 6.05. The lowest BCUT2D eigenvalue weighted by Gasteiger charge is -2.25. The average Bonchev–Trinajstić information content (AvgIpc) is 2.72. The molecule has 0 aromatic heterocycles. The number of fused-ring (bicyclic) bond motifs is 1. The first-order valence-corrected chi connectivity index (χ1v) is 6.51. The molecule has 2 heterocycles. The van der Waals surface area contributed by atoms with E-state index < -0.39 is 5.60 Å². The van der Waals surface area contributed by atoms with E-state index in [9.17, 15) is 4.79 Å². The molecule has 102 valence electrons. The van der Waals surface area contributed by atoms with Gasteiger partial charge >= 0.3 is 6.09 Å². The van der Waals surface area contributed by atoms with Gasteiger partial charge in [0.15, 0.2) is 0 Å². The third-order valence-corrected chi connectivity index (χ3v) is 3.21. The van der Waals surface area contributed by atoms with Crippen LogP contribution in [0.25, 0.3) is 0 Å². The van der Waals surface area contributed by atoms with Gasteiger partial charge in [-0.2, -0.15) is 0 Å². The first-order chi connectivity index (χ1) is 8.39. The predicted octanol–water partition coefficient (Wildman–Crippen LogP) is 1.01. The Labute approximate surface area is 109 Å². The minimum atomic E-state index is -0.422. The molecule has 2 aliphatic heterocycles. The van der Waals surface area contributed by atoms with Crippen molar-refractivity contribution in [2.24, 2.45) is 11.7 Å². The Kier molecular flexibility index (Phi) is 3.52. The molecule has 2 rings (SSSR count). The highest BCUT2D eigenvalue weighted by Crippen LogP contribution is 2.30. The van der Waals surface area contributed by atoms with Gasteiger partial charge < -0.3 is 20.3 Å². The van der Waals surface area contributed by atoms with Crippen LogP contribution in [0.3, 0.4) is 0 Å². The lowest BCUT2D eigenvalue weighted by Crippen LogP contribution is -2.36. The number of hydrogen-bond donors (Lipinski definition) is 1. The summed E-state index contributed by atoms with van der Waals surface area (Å²) < 4.78 is 5.39. The lowest BCUT2D eigenvalue weighted by atomic mass is 10.1. The molecule has 0 bridgehead atoms. The number of carbonyl (C=O) groups is 1. The summed E-state index contributed by atoms with van der Waals surface area (Å²) in [5.41, 5.74) is 6.45. The zero-order chi connectivity index (χ0) is 13.3. The van der Waals surface area contributed by atoms with Gasteiger partial charge in [-0.1, -0.05) is 0 Å². The van der Waals surface area contributed by atoms with Crippen molar-refractivity contribution in [3.63, 3.8) is 0 Å². The molecule has 2 aliphatic rings. The zero-order valence-corrected chi connectivity index (χ0v) is 11.5. The maximum absolute atomic E-state index is 11.9. The predicted molar refractivity (Wildman–Crippen MR) is 70.0 cm³/mol. The van der Waals surface area contributed by atoms with Gasteiger partial charge in [-0.15, -0.1) is 0 Å². The van der Waals surface area contributed by atoms with Gasteiger partial charge in [-0.25, -0.2) is 4.79 Å². The molecule has 0 aromatic carbocycles. The molecule has 1 fully saturated rings. The van der Waals surface area contributed by atoms with Crippen molar-refractivity contribution in [2.45, 2.75) is 26.4 Å². The van der Waals surface area contributed by atoms with E-state index in [-0.39, 0.29) is 6.09 Å². The number of hydrogen-bond acceptors (Lipinski definition) is 4. The lowest BCUT2D eigenvalue weighted by molar-refractivity contribution is 0.0287. The fraction of sp³-hybridized carbons (Fsp3) is 0.769. The van der Waals surface area contributed by atoms with Crippen molar-refractivity contribution in [3.05, 3.63) is 11.8 Å². The molecule has 5 nitrogen and oxygen atoms in total. The van der Waals surface area contributed by atoms with Gasteiger partial charge in [-0.05, 0) is 26.3 Å². The number of nitrogens with two attached hydrogens (primary N) is 1. The Morgan fingerprint density at radius 3 is 2.78 bits per heavy atom. The molecular formula is C13H23N3O2. The normalized spacial score (nSPS) is 23.1. The van der Waals surface area contributed by atoms with Crippen molar-refractivity contribution >= 4 is 6.09 Å². The Morgan fingerprint density at radius 1 is 1.50 bits per heavy atom. The van der Waals surface area contributed by atoms with E-state index in [1.165, 1.54) is 5.57 Å². The van der Waals surface area contributed by atoms with Crippen LogP contribution in [-0.4, -0.2) is 54.2 Å². The third-order valence-electron chi connectivity index (χ3n) is 3.21. The van der Waals surface area contributed by atoms with Gasteiger partial charge in [0.05, 0.1) is 0 Å². The Morgan fingerprint density at radius 2 is 2.22 bits per heavy atom. The Hall–Kier alpha value is -1.23. The van der Waals surface area contributed by atoms with Crippen molar-refractivity contribution in [1.29, 1.82) is 0 Å². The van der Waals surface area contributed by atoms with Crippen molar-refractivity contribution in [1.82, 2.24) is 9.80 Å². The highest BCUT2D eigenvalue weighted by Gasteiger charge is 2.36. The van der Waals surface area contributed by atoms with Crippen LogP contribution in [0.4, 0.5) is 4.79 Å². The second-order valence-corrected chi connectivity index (χ2v) is 6.05. The number of amides is 1. The molecule has 2 N–H and O–H groups in total. The van der Waals surface area contributed by atoms with Crippen LogP contribution in [0.5, 0.6) is 0 Å². The average molecular weight is 253 g/mol. The van der Waals surface area contributed by atoms with Crippen LogP contribution in [0, 0.1) is 5.92 Å². The molecular weight excluding hydrogens is 230 g/mol. The molecule has 0 saturated carbocycles. The standard InChI is InChI=1S/C13H23N3O2/c1-13(2,3)18-12(17)16-8-10-6-15(5-4-14)7-11(10)9-16/h6,11H,4-5,7-9,14H2,1-3H3. The molecule has 1 saturated heterocycles. The van der Waals surface area contributed by atoms with E-state index in [1.54, 1.807) is 4.90 Å². The van der Waals surface area contributed by atoms with Crippen LogP contribution in [0.2, 0.25) is 0 Å². The topological polar surface area (TPSA) is 58.8 Å². The van der Waals surface area contributed by atoms with Crippen LogP contribution in [0.1, 0.15) is 20.8 Å². The summed E-state index contributed by atoms with van der Waals surface area (Å²) >= 11 is 0. The van der Waals surface area contributed by atoms with E-state index >= 15 is 0 Å². The van der Waals surface area contributed by atoms with E-state index in [2.05, 4.69) is 11.1 Å². The highest BCUT2D eigenvalue weighted by molar-refractivity contribution is 5.69. The van der Waals surface area contributed by atoms with Crippen LogP contribution >= 0.6 is 0 Å². The van der Waals surface area contributed by atoms with Gasteiger partial charge in [0.25, 0.3) is 0 Å². The van der Waals surface area contributed by atoms with Crippen molar-refractivity contribution in [2.75, 3.05) is 32.7 Å². The van der Waals surface area contributed by atoms with Crippen LogP contribution in [-0.2, 0) is 4.74 Å².